The number of rotatable bonds is 7. The van der Waals surface area contributed by atoms with Crippen LogP contribution in [-0.4, -0.2) is 34.3 Å². The number of hydrogen-bond donors (Lipinski definition) is 2. The Hall–Kier alpha value is -4.01. The molecular weight excluding hydrogens is 518 g/mol. The summed E-state index contributed by atoms with van der Waals surface area (Å²) in [6, 6.07) is 20.6. The lowest BCUT2D eigenvalue weighted by Gasteiger charge is -2.29. The maximum atomic E-state index is 12.1. The average molecular weight is 554 g/mol. The molecule has 0 radical (unpaired) electrons. The van der Waals surface area contributed by atoms with Crippen LogP contribution >= 0.6 is 12.2 Å². The Balaban J connectivity index is 1.62. The first-order valence-corrected chi connectivity index (χ1v) is 13.8. The van der Waals surface area contributed by atoms with E-state index in [1.165, 1.54) is 23.8 Å². The second-order valence-corrected chi connectivity index (χ2v) is 10.9. The van der Waals surface area contributed by atoms with Gasteiger partial charge in [0.15, 0.2) is 5.11 Å². The first-order valence-electron chi connectivity index (χ1n) is 13.4. The number of nitrogens with zero attached hydrogens (tertiary/aromatic N) is 3. The fraction of sp³-hybridized carbons (Fsp3) is 0.281. The number of anilines is 2. The number of nitrogens with one attached hydrogen (secondary N) is 2. The molecule has 8 heteroatoms. The molecule has 1 aliphatic rings. The monoisotopic (exact) mass is 553 g/mol. The van der Waals surface area contributed by atoms with Crippen LogP contribution in [0, 0.1) is 34.6 Å². The highest BCUT2D eigenvalue weighted by Gasteiger charge is 2.42. The van der Waals surface area contributed by atoms with Crippen LogP contribution in [0.1, 0.15) is 51.4 Å². The standard InChI is InChI=1S/C32H35N5O2S/c1-19-13-20(2)15-25(14-19)36-22(4)17-26(23(36)5)31-30(28-9-7-8-12-33-28)35-32(40)37(31)24-10-11-27(21(3)16-24)34-29(38)18-39-6/h7-17,30-31H,18H2,1-6H3,(H,34,38)(H,35,40)/t30-,31+/m0/s1. The topological polar surface area (TPSA) is 71.4 Å². The first kappa shape index (κ1) is 27.6. The van der Waals surface area contributed by atoms with Crippen molar-refractivity contribution in [1.82, 2.24) is 14.9 Å². The largest absolute Gasteiger partial charge is 0.375 e. The van der Waals surface area contributed by atoms with Gasteiger partial charge in [-0.2, -0.15) is 0 Å². The van der Waals surface area contributed by atoms with Crippen molar-refractivity contribution in [1.29, 1.82) is 0 Å². The molecule has 0 saturated carbocycles. The fourth-order valence-corrected chi connectivity index (χ4v) is 6.11. The van der Waals surface area contributed by atoms with Crippen LogP contribution in [0.3, 0.4) is 0 Å². The summed E-state index contributed by atoms with van der Waals surface area (Å²) >= 11 is 5.96. The lowest BCUT2D eigenvalue weighted by molar-refractivity contribution is -0.119. The van der Waals surface area contributed by atoms with Crippen LogP contribution < -0.4 is 15.5 Å². The van der Waals surface area contributed by atoms with Gasteiger partial charge in [-0.15, -0.1) is 0 Å². The van der Waals surface area contributed by atoms with E-state index >= 15 is 0 Å². The van der Waals surface area contributed by atoms with Gasteiger partial charge >= 0.3 is 0 Å². The van der Waals surface area contributed by atoms with E-state index in [9.17, 15) is 4.79 Å². The molecule has 1 fully saturated rings. The number of hydrogen-bond acceptors (Lipinski definition) is 4. The minimum absolute atomic E-state index is 0.00519. The molecule has 1 amide bonds. The van der Waals surface area contributed by atoms with Gasteiger partial charge in [0.2, 0.25) is 5.91 Å². The third-order valence-electron chi connectivity index (χ3n) is 7.39. The highest BCUT2D eigenvalue weighted by Crippen LogP contribution is 2.44. The molecule has 2 aromatic heterocycles. The predicted molar refractivity (Wildman–Crippen MR) is 164 cm³/mol. The van der Waals surface area contributed by atoms with E-state index in [1.54, 1.807) is 0 Å². The smallest absolute Gasteiger partial charge is 0.250 e. The molecule has 1 aliphatic heterocycles. The van der Waals surface area contributed by atoms with Crippen LogP contribution in [0.5, 0.6) is 0 Å². The number of carbonyl (C=O) groups is 1. The molecule has 3 heterocycles. The van der Waals surface area contributed by atoms with E-state index in [2.05, 4.69) is 78.1 Å². The molecule has 2 N–H and O–H groups in total. The number of thiocarbonyl (C=S) groups is 1. The Labute approximate surface area is 241 Å². The lowest BCUT2D eigenvalue weighted by atomic mass is 9.96. The molecule has 0 bridgehead atoms. The molecule has 4 aromatic rings. The molecule has 2 atom stereocenters. The number of benzene rings is 2. The third-order valence-corrected chi connectivity index (χ3v) is 7.70. The number of methoxy groups -OCH3 is 1. The van der Waals surface area contributed by atoms with Crippen molar-refractivity contribution < 1.29 is 9.53 Å². The van der Waals surface area contributed by atoms with E-state index in [4.69, 9.17) is 21.9 Å². The van der Waals surface area contributed by atoms with Gasteiger partial charge in [0.05, 0.1) is 17.8 Å². The van der Waals surface area contributed by atoms with E-state index in [1.807, 2.05) is 43.5 Å². The Kier molecular flexibility index (Phi) is 7.74. The molecule has 7 nitrogen and oxygen atoms in total. The van der Waals surface area contributed by atoms with Crippen molar-refractivity contribution in [3.8, 4) is 5.69 Å². The highest BCUT2D eigenvalue weighted by atomic mass is 32.1. The minimum Gasteiger partial charge on any atom is -0.375 e. The summed E-state index contributed by atoms with van der Waals surface area (Å²) in [6.07, 6.45) is 1.82. The van der Waals surface area contributed by atoms with Gasteiger partial charge in [0.1, 0.15) is 6.61 Å². The average Bonchev–Trinajstić information content (AvgIpc) is 3.40. The van der Waals surface area contributed by atoms with Crippen molar-refractivity contribution in [2.24, 2.45) is 0 Å². The number of amides is 1. The van der Waals surface area contributed by atoms with E-state index in [0.717, 1.165) is 39.7 Å². The van der Waals surface area contributed by atoms with Crippen LogP contribution in [0.25, 0.3) is 5.69 Å². The van der Waals surface area contributed by atoms with Crippen LogP contribution in [0.15, 0.2) is 66.9 Å². The van der Waals surface area contributed by atoms with Gasteiger partial charge in [-0.05, 0) is 118 Å². The maximum Gasteiger partial charge on any atom is 0.250 e. The number of pyridine rings is 1. The quantitative estimate of drug-likeness (QED) is 0.267. The summed E-state index contributed by atoms with van der Waals surface area (Å²) in [5.41, 5.74) is 10.7. The fourth-order valence-electron chi connectivity index (χ4n) is 5.77. The first-order chi connectivity index (χ1) is 19.2. The van der Waals surface area contributed by atoms with Gasteiger partial charge in [-0.3, -0.25) is 9.78 Å². The molecule has 2 aromatic carbocycles. The van der Waals surface area contributed by atoms with Crippen LogP contribution in [-0.2, 0) is 9.53 Å². The minimum atomic E-state index is -0.191. The predicted octanol–water partition coefficient (Wildman–Crippen LogP) is 6.18. The Bertz CT molecular complexity index is 1560. The summed E-state index contributed by atoms with van der Waals surface area (Å²) < 4.78 is 7.29. The molecule has 206 valence electrons. The van der Waals surface area contributed by atoms with E-state index in [-0.39, 0.29) is 24.6 Å². The number of aryl methyl sites for hydroxylation is 4. The van der Waals surface area contributed by atoms with Gasteiger partial charge in [-0.25, -0.2) is 0 Å². The zero-order chi connectivity index (χ0) is 28.6. The van der Waals surface area contributed by atoms with E-state index < -0.39 is 0 Å². The van der Waals surface area contributed by atoms with Crippen LogP contribution in [0.2, 0.25) is 0 Å². The number of aromatic nitrogens is 2. The van der Waals surface area contributed by atoms with E-state index in [0.29, 0.717) is 5.11 Å². The van der Waals surface area contributed by atoms with Crippen molar-refractivity contribution in [3.63, 3.8) is 0 Å². The summed E-state index contributed by atoms with van der Waals surface area (Å²) in [6.45, 7) is 10.6. The Morgan fingerprint density at radius 1 is 1.00 bits per heavy atom. The SMILES string of the molecule is COCC(=O)Nc1ccc(N2C(=S)N[C@@H](c3ccccn3)[C@H]2c2cc(C)n(-c3cc(C)cc(C)c3)c2C)cc1C. The highest BCUT2D eigenvalue weighted by molar-refractivity contribution is 7.80. The van der Waals surface area contributed by atoms with Gasteiger partial charge in [0, 0.05) is 41.8 Å². The van der Waals surface area contributed by atoms with Crippen molar-refractivity contribution in [2.75, 3.05) is 23.9 Å². The zero-order valence-electron chi connectivity index (χ0n) is 23.8. The zero-order valence-corrected chi connectivity index (χ0v) is 24.6. The summed E-state index contributed by atoms with van der Waals surface area (Å²) in [5.74, 6) is -0.191. The Morgan fingerprint density at radius 3 is 2.40 bits per heavy atom. The Morgan fingerprint density at radius 2 is 1.75 bits per heavy atom. The molecular formula is C32H35N5O2S. The number of carbonyl (C=O) groups excluding carboxylic acids is 1. The van der Waals surface area contributed by atoms with Gasteiger partial charge in [-0.1, -0.05) is 12.1 Å². The van der Waals surface area contributed by atoms with Crippen molar-refractivity contribution >= 4 is 34.6 Å². The maximum absolute atomic E-state index is 12.1. The molecule has 0 spiro atoms. The normalized spacial score (nSPS) is 16.8. The van der Waals surface area contributed by atoms with Crippen molar-refractivity contribution in [2.45, 2.75) is 46.7 Å². The van der Waals surface area contributed by atoms with Crippen molar-refractivity contribution in [3.05, 3.63) is 106 Å². The van der Waals surface area contributed by atoms with Gasteiger partial charge in [0.25, 0.3) is 0 Å². The van der Waals surface area contributed by atoms with Crippen LogP contribution in [0.4, 0.5) is 11.4 Å². The summed E-state index contributed by atoms with van der Waals surface area (Å²) in [7, 11) is 1.51. The summed E-state index contributed by atoms with van der Waals surface area (Å²) in [4.78, 5) is 19.0. The molecule has 0 unspecified atom stereocenters. The second kappa shape index (κ2) is 11.2. The molecule has 5 rings (SSSR count). The summed E-state index contributed by atoms with van der Waals surface area (Å²) in [5, 5.41) is 7.12. The molecule has 0 aliphatic carbocycles. The molecule has 40 heavy (non-hydrogen) atoms. The number of ether oxygens (including phenoxy) is 1. The third kappa shape index (κ3) is 5.24. The van der Waals surface area contributed by atoms with Gasteiger partial charge < -0.3 is 24.8 Å². The second-order valence-electron chi connectivity index (χ2n) is 10.5. The molecule has 1 saturated heterocycles. The lowest BCUT2D eigenvalue weighted by Crippen LogP contribution is -2.29.